The molecule has 0 saturated carbocycles. The third-order valence-electron chi connectivity index (χ3n) is 5.98. The van der Waals surface area contributed by atoms with Crippen LogP contribution < -0.4 is 0 Å². The Morgan fingerprint density at radius 1 is 1.18 bits per heavy atom. The maximum absolute atomic E-state index is 13.0. The van der Waals surface area contributed by atoms with Crippen LogP contribution in [-0.2, 0) is 18.3 Å². The SMILES string of the molecule is Cc1nc2c(c(C)nn2C)c(C)c1CCC(=O)N1CCCC1c1ccncc1. The van der Waals surface area contributed by atoms with Crippen molar-refractivity contribution in [2.24, 2.45) is 7.05 Å². The summed E-state index contributed by atoms with van der Waals surface area (Å²) in [5.41, 5.74) is 6.46. The number of likely N-dealkylation sites (tertiary alicyclic amines) is 1. The van der Waals surface area contributed by atoms with Gasteiger partial charge in [-0.05, 0) is 68.9 Å². The zero-order chi connectivity index (χ0) is 19.8. The molecule has 1 aliphatic rings. The number of fused-ring (bicyclic) bond motifs is 1. The van der Waals surface area contributed by atoms with Gasteiger partial charge in [-0.1, -0.05) is 0 Å². The van der Waals surface area contributed by atoms with Crippen LogP contribution in [0.5, 0.6) is 0 Å². The number of carbonyl (C=O) groups is 1. The van der Waals surface area contributed by atoms with E-state index in [1.807, 2.05) is 42.6 Å². The van der Waals surface area contributed by atoms with Crippen molar-refractivity contribution in [2.45, 2.75) is 52.5 Å². The highest BCUT2D eigenvalue weighted by Gasteiger charge is 2.29. The highest BCUT2D eigenvalue weighted by atomic mass is 16.2. The molecule has 0 aromatic carbocycles. The Hall–Kier alpha value is -2.76. The van der Waals surface area contributed by atoms with Gasteiger partial charge < -0.3 is 4.90 Å². The Bertz CT molecular complexity index is 1020. The molecule has 4 rings (SSSR count). The van der Waals surface area contributed by atoms with Gasteiger partial charge in [0.25, 0.3) is 0 Å². The highest BCUT2D eigenvalue weighted by Crippen LogP contribution is 2.32. The van der Waals surface area contributed by atoms with E-state index in [4.69, 9.17) is 4.98 Å². The Balaban J connectivity index is 1.54. The number of hydrogen-bond acceptors (Lipinski definition) is 4. The first-order valence-corrected chi connectivity index (χ1v) is 9.96. The first kappa shape index (κ1) is 18.6. The fraction of sp³-hybridized carbons (Fsp3) is 0.455. The van der Waals surface area contributed by atoms with Gasteiger partial charge in [-0.3, -0.25) is 14.5 Å². The predicted molar refractivity (Wildman–Crippen MR) is 109 cm³/mol. The van der Waals surface area contributed by atoms with Crippen LogP contribution in [0.3, 0.4) is 0 Å². The quantitative estimate of drug-likeness (QED) is 0.697. The molecule has 3 aromatic rings. The lowest BCUT2D eigenvalue weighted by Crippen LogP contribution is -2.30. The van der Waals surface area contributed by atoms with E-state index in [-0.39, 0.29) is 11.9 Å². The summed E-state index contributed by atoms with van der Waals surface area (Å²) in [6, 6.07) is 4.22. The average molecular weight is 377 g/mol. The predicted octanol–water partition coefficient (Wildman–Crippen LogP) is 3.58. The van der Waals surface area contributed by atoms with Crippen molar-refractivity contribution in [1.29, 1.82) is 0 Å². The zero-order valence-electron chi connectivity index (χ0n) is 17.1. The van der Waals surface area contributed by atoms with Crippen molar-refractivity contribution in [3.63, 3.8) is 0 Å². The van der Waals surface area contributed by atoms with Crippen LogP contribution >= 0.6 is 0 Å². The molecule has 0 bridgehead atoms. The topological polar surface area (TPSA) is 63.9 Å². The summed E-state index contributed by atoms with van der Waals surface area (Å²) in [5, 5.41) is 5.63. The summed E-state index contributed by atoms with van der Waals surface area (Å²) < 4.78 is 1.84. The molecule has 6 heteroatoms. The summed E-state index contributed by atoms with van der Waals surface area (Å²) in [4.78, 5) is 23.9. The number of nitrogens with zero attached hydrogens (tertiary/aromatic N) is 5. The van der Waals surface area contributed by atoms with Crippen molar-refractivity contribution in [3.05, 3.63) is 52.6 Å². The number of pyridine rings is 2. The van der Waals surface area contributed by atoms with Gasteiger partial charge in [0.15, 0.2) is 5.65 Å². The average Bonchev–Trinajstić information content (AvgIpc) is 3.27. The van der Waals surface area contributed by atoms with Crippen LogP contribution in [0.4, 0.5) is 0 Å². The summed E-state index contributed by atoms with van der Waals surface area (Å²) in [6.45, 7) is 7.01. The van der Waals surface area contributed by atoms with Gasteiger partial charge in [0.2, 0.25) is 5.91 Å². The van der Waals surface area contributed by atoms with E-state index in [2.05, 4.69) is 17.0 Å². The number of hydrogen-bond donors (Lipinski definition) is 0. The molecule has 0 N–H and O–H groups in total. The number of rotatable bonds is 4. The number of aromatic nitrogens is 4. The molecule has 1 aliphatic heterocycles. The van der Waals surface area contributed by atoms with Crippen LogP contribution in [0.2, 0.25) is 0 Å². The molecule has 4 heterocycles. The Morgan fingerprint density at radius 2 is 1.93 bits per heavy atom. The van der Waals surface area contributed by atoms with Crippen LogP contribution in [0.1, 0.15) is 53.4 Å². The molecule has 0 aliphatic carbocycles. The van der Waals surface area contributed by atoms with Gasteiger partial charge in [-0.2, -0.15) is 5.10 Å². The van der Waals surface area contributed by atoms with Gasteiger partial charge in [0.1, 0.15) is 0 Å². The first-order valence-electron chi connectivity index (χ1n) is 9.96. The van der Waals surface area contributed by atoms with Gasteiger partial charge in [-0.15, -0.1) is 0 Å². The van der Waals surface area contributed by atoms with Crippen molar-refractivity contribution in [1.82, 2.24) is 24.6 Å². The Kier molecular flexibility index (Phi) is 4.87. The fourth-order valence-corrected chi connectivity index (χ4v) is 4.60. The zero-order valence-corrected chi connectivity index (χ0v) is 17.1. The van der Waals surface area contributed by atoms with Gasteiger partial charge >= 0.3 is 0 Å². The maximum Gasteiger partial charge on any atom is 0.223 e. The monoisotopic (exact) mass is 377 g/mol. The first-order chi connectivity index (χ1) is 13.5. The van der Waals surface area contributed by atoms with Crippen LogP contribution in [0.15, 0.2) is 24.5 Å². The second-order valence-corrected chi connectivity index (χ2v) is 7.73. The molecule has 1 saturated heterocycles. The van der Waals surface area contributed by atoms with E-state index in [1.165, 1.54) is 16.7 Å². The third kappa shape index (κ3) is 3.17. The molecule has 6 nitrogen and oxygen atoms in total. The van der Waals surface area contributed by atoms with E-state index in [1.54, 1.807) is 12.4 Å². The molecule has 1 amide bonds. The van der Waals surface area contributed by atoms with E-state index in [0.717, 1.165) is 41.8 Å². The lowest BCUT2D eigenvalue weighted by Gasteiger charge is -2.25. The smallest absolute Gasteiger partial charge is 0.223 e. The Labute approximate surface area is 165 Å². The van der Waals surface area contributed by atoms with Crippen molar-refractivity contribution >= 4 is 16.9 Å². The van der Waals surface area contributed by atoms with E-state index in [0.29, 0.717) is 12.8 Å². The largest absolute Gasteiger partial charge is 0.336 e. The highest BCUT2D eigenvalue weighted by molar-refractivity contribution is 5.84. The van der Waals surface area contributed by atoms with Crippen molar-refractivity contribution < 1.29 is 4.79 Å². The standard InChI is InChI=1S/C22H27N5O/c1-14-18(15(2)24-22-21(14)16(3)25-26(22)4)7-8-20(28)27-13-5-6-19(27)17-9-11-23-12-10-17/h9-12,19H,5-8,13H2,1-4H3. The van der Waals surface area contributed by atoms with E-state index in [9.17, 15) is 4.79 Å². The van der Waals surface area contributed by atoms with Crippen molar-refractivity contribution in [2.75, 3.05) is 6.54 Å². The molecule has 146 valence electrons. The van der Waals surface area contributed by atoms with Gasteiger partial charge in [0, 0.05) is 43.5 Å². The second kappa shape index (κ2) is 7.34. The molecule has 3 aromatic heterocycles. The summed E-state index contributed by atoms with van der Waals surface area (Å²) in [5.74, 6) is 0.223. The van der Waals surface area contributed by atoms with E-state index >= 15 is 0 Å². The normalized spacial score (nSPS) is 16.9. The lowest BCUT2D eigenvalue weighted by molar-refractivity contribution is -0.132. The molecule has 1 unspecified atom stereocenters. The lowest BCUT2D eigenvalue weighted by atomic mass is 9.98. The van der Waals surface area contributed by atoms with Crippen LogP contribution in [0, 0.1) is 20.8 Å². The Morgan fingerprint density at radius 3 is 2.68 bits per heavy atom. The minimum atomic E-state index is 0.180. The molecular formula is C22H27N5O. The second-order valence-electron chi connectivity index (χ2n) is 7.73. The van der Waals surface area contributed by atoms with Crippen molar-refractivity contribution in [3.8, 4) is 0 Å². The van der Waals surface area contributed by atoms with Crippen LogP contribution in [-0.4, -0.2) is 37.1 Å². The van der Waals surface area contributed by atoms with Gasteiger partial charge in [0.05, 0.1) is 11.7 Å². The molecular weight excluding hydrogens is 350 g/mol. The molecule has 1 atom stereocenters. The third-order valence-corrected chi connectivity index (χ3v) is 5.98. The number of carbonyl (C=O) groups excluding carboxylic acids is 1. The van der Waals surface area contributed by atoms with E-state index < -0.39 is 0 Å². The summed E-state index contributed by atoms with van der Waals surface area (Å²) in [7, 11) is 1.93. The van der Waals surface area contributed by atoms with Gasteiger partial charge in [-0.25, -0.2) is 4.98 Å². The minimum Gasteiger partial charge on any atom is -0.336 e. The minimum absolute atomic E-state index is 0.180. The maximum atomic E-state index is 13.0. The number of amides is 1. The summed E-state index contributed by atoms with van der Waals surface area (Å²) in [6.07, 6.45) is 6.92. The number of aryl methyl sites for hydroxylation is 4. The molecule has 0 radical (unpaired) electrons. The molecule has 0 spiro atoms. The molecule has 1 fully saturated rings. The fourth-order valence-electron chi connectivity index (χ4n) is 4.60. The molecule has 28 heavy (non-hydrogen) atoms. The van der Waals surface area contributed by atoms with Crippen LogP contribution in [0.25, 0.3) is 11.0 Å². The summed E-state index contributed by atoms with van der Waals surface area (Å²) >= 11 is 0.